The molecule has 0 aliphatic carbocycles. The van der Waals surface area contributed by atoms with Crippen LogP contribution in [0, 0.1) is 10.1 Å². The summed E-state index contributed by atoms with van der Waals surface area (Å²) in [5.41, 5.74) is 0.631. The van der Waals surface area contributed by atoms with E-state index >= 15 is 0 Å². The topological polar surface area (TPSA) is 93.2 Å². The first kappa shape index (κ1) is 18.1. The minimum atomic E-state index is -1.01. The number of rotatable bonds is 8. The summed E-state index contributed by atoms with van der Waals surface area (Å²) in [5, 5.41) is 28.9. The van der Waals surface area contributed by atoms with Gasteiger partial charge in [-0.1, -0.05) is 18.2 Å². The van der Waals surface area contributed by atoms with Gasteiger partial charge < -0.3 is 10.4 Å². The number of aromatic nitrogens is 2. The Kier molecular flexibility index (Phi) is 5.69. The zero-order chi connectivity index (χ0) is 17.7. The quantitative estimate of drug-likeness (QED) is 0.571. The van der Waals surface area contributed by atoms with Crippen molar-refractivity contribution >= 4 is 5.69 Å². The highest BCUT2D eigenvalue weighted by atomic mass is 16.6. The molecule has 1 aromatic carbocycles. The van der Waals surface area contributed by atoms with Crippen LogP contribution < -0.4 is 5.32 Å². The minimum Gasteiger partial charge on any atom is -0.384 e. The number of aliphatic hydroxyl groups is 1. The summed E-state index contributed by atoms with van der Waals surface area (Å²) in [6.07, 6.45) is 4.80. The molecule has 2 aromatic rings. The van der Waals surface area contributed by atoms with Gasteiger partial charge in [-0.05, 0) is 26.7 Å². The number of hydrogen-bond acceptors (Lipinski definition) is 5. The van der Waals surface area contributed by atoms with E-state index in [0.717, 1.165) is 17.5 Å². The zero-order valence-electron chi connectivity index (χ0n) is 14.3. The average Bonchev–Trinajstić information content (AvgIpc) is 2.98. The highest BCUT2D eigenvalue weighted by molar-refractivity contribution is 5.39. The molecule has 0 saturated carbocycles. The van der Waals surface area contributed by atoms with Crippen LogP contribution in [0.3, 0.4) is 0 Å². The first-order valence-corrected chi connectivity index (χ1v) is 7.97. The maximum atomic E-state index is 11.0. The predicted molar refractivity (Wildman–Crippen MR) is 91.7 cm³/mol. The van der Waals surface area contributed by atoms with Gasteiger partial charge in [0.25, 0.3) is 5.69 Å². The smallest absolute Gasteiger partial charge is 0.272 e. The van der Waals surface area contributed by atoms with Gasteiger partial charge in [-0.25, -0.2) is 0 Å². The Morgan fingerprint density at radius 2 is 2.17 bits per heavy atom. The van der Waals surface area contributed by atoms with Gasteiger partial charge in [0.05, 0.1) is 11.1 Å². The summed E-state index contributed by atoms with van der Waals surface area (Å²) in [7, 11) is 1.81. The number of aryl methyl sites for hydroxylation is 2. The lowest BCUT2D eigenvalue weighted by Crippen LogP contribution is -2.39. The van der Waals surface area contributed by atoms with Crippen LogP contribution in [0.25, 0.3) is 0 Å². The molecule has 1 heterocycles. The second-order valence-corrected chi connectivity index (χ2v) is 6.38. The highest BCUT2D eigenvalue weighted by Gasteiger charge is 2.25. The Morgan fingerprint density at radius 1 is 1.46 bits per heavy atom. The molecular weight excluding hydrogens is 308 g/mol. The van der Waals surface area contributed by atoms with Gasteiger partial charge in [-0.2, -0.15) is 5.10 Å². The van der Waals surface area contributed by atoms with Crippen LogP contribution in [0.4, 0.5) is 5.69 Å². The van der Waals surface area contributed by atoms with Crippen molar-refractivity contribution in [3.63, 3.8) is 0 Å². The number of nitrogens with zero attached hydrogens (tertiary/aromatic N) is 3. The molecule has 130 valence electrons. The molecule has 0 fully saturated rings. The molecule has 0 saturated heterocycles. The molecule has 0 radical (unpaired) electrons. The largest absolute Gasteiger partial charge is 0.384 e. The van der Waals surface area contributed by atoms with Crippen LogP contribution in [0.1, 0.15) is 31.4 Å². The standard InChI is InChI=1S/C17H24N4O3/c1-13(8-9-14-6-4-5-7-16(14)21(23)24)18-12-17(2,22)15-10-19-20(3)11-15/h4-7,10-11,13,18,22H,8-9,12H2,1-3H3. The number of nitro benzene ring substituents is 1. The summed E-state index contributed by atoms with van der Waals surface area (Å²) >= 11 is 0. The molecular formula is C17H24N4O3. The molecule has 2 unspecified atom stereocenters. The Morgan fingerprint density at radius 3 is 2.79 bits per heavy atom. The molecule has 2 rings (SSSR count). The van der Waals surface area contributed by atoms with Gasteiger partial charge in [0.1, 0.15) is 5.60 Å². The number of para-hydroxylation sites is 1. The average molecular weight is 332 g/mol. The Labute approximate surface area is 141 Å². The molecule has 1 aromatic heterocycles. The van der Waals surface area contributed by atoms with Crippen molar-refractivity contribution in [3.05, 3.63) is 57.9 Å². The monoisotopic (exact) mass is 332 g/mol. The molecule has 2 atom stereocenters. The van der Waals surface area contributed by atoms with Gasteiger partial charge >= 0.3 is 0 Å². The summed E-state index contributed by atoms with van der Waals surface area (Å²) in [4.78, 5) is 10.7. The molecule has 7 heteroatoms. The molecule has 7 nitrogen and oxygen atoms in total. The SMILES string of the molecule is CC(CCc1ccccc1[N+](=O)[O-])NCC(C)(O)c1cnn(C)c1. The highest BCUT2D eigenvalue weighted by Crippen LogP contribution is 2.21. The van der Waals surface area contributed by atoms with Crippen molar-refractivity contribution in [1.29, 1.82) is 0 Å². The van der Waals surface area contributed by atoms with Crippen molar-refractivity contribution in [1.82, 2.24) is 15.1 Å². The van der Waals surface area contributed by atoms with E-state index in [-0.39, 0.29) is 16.7 Å². The molecule has 0 bridgehead atoms. The summed E-state index contributed by atoms with van der Waals surface area (Å²) < 4.78 is 1.65. The Balaban J connectivity index is 1.88. The van der Waals surface area contributed by atoms with E-state index in [1.165, 1.54) is 6.07 Å². The summed E-state index contributed by atoms with van der Waals surface area (Å²) in [6, 6.07) is 6.92. The van der Waals surface area contributed by atoms with E-state index in [0.29, 0.717) is 13.0 Å². The van der Waals surface area contributed by atoms with E-state index in [2.05, 4.69) is 10.4 Å². The van der Waals surface area contributed by atoms with Gasteiger partial charge in [-0.15, -0.1) is 0 Å². The van der Waals surface area contributed by atoms with E-state index in [9.17, 15) is 15.2 Å². The van der Waals surface area contributed by atoms with Crippen molar-refractivity contribution in [2.24, 2.45) is 7.05 Å². The zero-order valence-corrected chi connectivity index (χ0v) is 14.3. The fourth-order valence-corrected chi connectivity index (χ4v) is 2.55. The summed E-state index contributed by atoms with van der Waals surface area (Å²) in [6.45, 7) is 4.14. The number of benzene rings is 1. The number of hydrogen-bond donors (Lipinski definition) is 2. The van der Waals surface area contributed by atoms with Crippen LogP contribution in [0.15, 0.2) is 36.7 Å². The summed E-state index contributed by atoms with van der Waals surface area (Å²) in [5.74, 6) is 0. The maximum absolute atomic E-state index is 11.0. The van der Waals surface area contributed by atoms with Crippen LogP contribution in [0.5, 0.6) is 0 Å². The molecule has 2 N–H and O–H groups in total. The lowest BCUT2D eigenvalue weighted by Gasteiger charge is -2.25. The third-order valence-corrected chi connectivity index (χ3v) is 4.16. The minimum absolute atomic E-state index is 0.118. The molecule has 0 amide bonds. The Hall–Kier alpha value is -2.25. The third kappa shape index (κ3) is 4.62. The number of nitro groups is 1. The van der Waals surface area contributed by atoms with Crippen LogP contribution in [-0.2, 0) is 19.1 Å². The van der Waals surface area contributed by atoms with Crippen molar-refractivity contribution in [3.8, 4) is 0 Å². The number of nitrogens with one attached hydrogen (secondary N) is 1. The lowest BCUT2D eigenvalue weighted by molar-refractivity contribution is -0.385. The molecule has 0 aliphatic rings. The van der Waals surface area contributed by atoms with Gasteiger partial charge in [0.15, 0.2) is 0 Å². The fourth-order valence-electron chi connectivity index (χ4n) is 2.55. The van der Waals surface area contributed by atoms with Gasteiger partial charge in [0.2, 0.25) is 0 Å². The molecule has 0 spiro atoms. The van der Waals surface area contributed by atoms with Crippen LogP contribution >= 0.6 is 0 Å². The van der Waals surface area contributed by atoms with Gasteiger partial charge in [0, 0.05) is 43.0 Å². The molecule has 24 heavy (non-hydrogen) atoms. The van der Waals surface area contributed by atoms with E-state index in [1.807, 2.05) is 20.0 Å². The Bertz CT molecular complexity index is 697. The van der Waals surface area contributed by atoms with Crippen LogP contribution in [-0.4, -0.2) is 32.4 Å². The second-order valence-electron chi connectivity index (χ2n) is 6.38. The predicted octanol–water partition coefficient (Wildman–Crippen LogP) is 2.15. The second kappa shape index (κ2) is 7.55. The van der Waals surface area contributed by atoms with Crippen molar-refractivity contribution < 1.29 is 10.0 Å². The third-order valence-electron chi connectivity index (χ3n) is 4.16. The normalized spacial score (nSPS) is 15.0. The van der Waals surface area contributed by atoms with Crippen molar-refractivity contribution in [2.45, 2.75) is 38.3 Å². The van der Waals surface area contributed by atoms with E-state index < -0.39 is 5.60 Å². The fraction of sp³-hybridized carbons (Fsp3) is 0.471. The van der Waals surface area contributed by atoms with Crippen molar-refractivity contribution in [2.75, 3.05) is 6.54 Å². The van der Waals surface area contributed by atoms with E-state index in [1.54, 1.807) is 36.1 Å². The van der Waals surface area contributed by atoms with Gasteiger partial charge in [-0.3, -0.25) is 14.8 Å². The first-order chi connectivity index (χ1) is 11.3. The van der Waals surface area contributed by atoms with E-state index in [4.69, 9.17) is 0 Å². The first-order valence-electron chi connectivity index (χ1n) is 7.97. The van der Waals surface area contributed by atoms with Crippen LogP contribution in [0.2, 0.25) is 0 Å². The molecule has 0 aliphatic heterocycles. The maximum Gasteiger partial charge on any atom is 0.272 e. The lowest BCUT2D eigenvalue weighted by atomic mass is 9.98.